The predicted octanol–water partition coefficient (Wildman–Crippen LogP) is 1.72. The first-order chi connectivity index (χ1) is 14.1. The fraction of sp³-hybridized carbons (Fsp3) is 0.722. The number of nitro groups is 1. The molecular formula is C18H34N4O7. The Labute approximate surface area is 171 Å². The smallest absolute Gasteiger partial charge is 0.390 e. The van der Waals surface area contributed by atoms with Crippen LogP contribution in [0.2, 0.25) is 0 Å². The van der Waals surface area contributed by atoms with Gasteiger partial charge in [-0.3, -0.25) is 0 Å². The standard InChI is InChI=1S/C12H19N3O5.C4H11N.2CH2O/c1-18-9-10(20-11-4-2-3-7-19-11)8-14-6-5-13-12(14)15(16)17;1-2-3-4-5;2*1-2/h5-6,10-11H,2-4,7-9H2,1H3;2-5H2,1H3;2*1H2. The second kappa shape index (κ2) is 20.5. The Morgan fingerprint density at radius 3 is 2.55 bits per heavy atom. The Kier molecular flexibility index (Phi) is 20.5. The van der Waals surface area contributed by atoms with Gasteiger partial charge >= 0.3 is 5.95 Å². The van der Waals surface area contributed by atoms with Crippen LogP contribution < -0.4 is 5.73 Å². The van der Waals surface area contributed by atoms with Crippen molar-refractivity contribution in [3.63, 3.8) is 0 Å². The molecule has 0 saturated carbocycles. The van der Waals surface area contributed by atoms with Crippen LogP contribution in [-0.2, 0) is 30.3 Å². The van der Waals surface area contributed by atoms with Crippen LogP contribution >= 0.6 is 0 Å². The molecule has 11 nitrogen and oxygen atoms in total. The van der Waals surface area contributed by atoms with Gasteiger partial charge in [-0.2, -0.15) is 0 Å². The quantitative estimate of drug-likeness (QED) is 0.467. The van der Waals surface area contributed by atoms with E-state index in [9.17, 15) is 10.1 Å². The first-order valence-corrected chi connectivity index (χ1v) is 9.31. The van der Waals surface area contributed by atoms with Crippen molar-refractivity contribution < 1.29 is 28.7 Å². The summed E-state index contributed by atoms with van der Waals surface area (Å²) in [6.45, 7) is 8.32. The molecule has 0 aliphatic carbocycles. The normalized spacial score (nSPS) is 16.0. The zero-order valence-corrected chi connectivity index (χ0v) is 17.4. The lowest BCUT2D eigenvalue weighted by Crippen LogP contribution is -2.33. The molecule has 0 bridgehead atoms. The summed E-state index contributed by atoms with van der Waals surface area (Å²) in [5.41, 5.74) is 5.14. The van der Waals surface area contributed by atoms with Gasteiger partial charge in [-0.15, -0.1) is 0 Å². The van der Waals surface area contributed by atoms with Gasteiger partial charge in [-0.05, 0) is 37.2 Å². The van der Waals surface area contributed by atoms with Gasteiger partial charge in [0, 0.05) is 13.7 Å². The summed E-state index contributed by atoms with van der Waals surface area (Å²) in [5.74, 6) is -0.195. The number of nitrogens with zero attached hydrogens (tertiary/aromatic N) is 3. The van der Waals surface area contributed by atoms with E-state index in [4.69, 9.17) is 29.5 Å². The third-order valence-electron chi connectivity index (χ3n) is 3.65. The number of rotatable bonds is 9. The number of aromatic nitrogens is 2. The summed E-state index contributed by atoms with van der Waals surface area (Å²) in [4.78, 5) is 30.0. The molecule has 1 aliphatic rings. The fourth-order valence-electron chi connectivity index (χ4n) is 2.39. The van der Waals surface area contributed by atoms with E-state index >= 15 is 0 Å². The summed E-state index contributed by atoms with van der Waals surface area (Å²) in [7, 11) is 1.57. The number of hydrogen-bond donors (Lipinski definition) is 1. The molecule has 1 aromatic heterocycles. The Morgan fingerprint density at radius 1 is 1.41 bits per heavy atom. The lowest BCUT2D eigenvalue weighted by atomic mass is 10.2. The summed E-state index contributed by atoms with van der Waals surface area (Å²) in [5, 5.41) is 10.8. The summed E-state index contributed by atoms with van der Waals surface area (Å²) in [6.07, 6.45) is 7.73. The maximum absolute atomic E-state index is 10.8. The first kappa shape index (κ1) is 29.0. The molecule has 11 heteroatoms. The van der Waals surface area contributed by atoms with Crippen molar-refractivity contribution in [1.82, 2.24) is 9.55 Å². The van der Waals surface area contributed by atoms with Crippen LogP contribution in [0, 0.1) is 10.1 Å². The monoisotopic (exact) mass is 418 g/mol. The SMILES string of the molecule is C=O.C=O.CCCCN.COCC(Cn1ccnc1[N+](=O)[O-])OC1CCCCO1. The van der Waals surface area contributed by atoms with Crippen molar-refractivity contribution in [1.29, 1.82) is 0 Å². The Hall–Kier alpha value is -2.21. The van der Waals surface area contributed by atoms with E-state index in [1.165, 1.54) is 23.6 Å². The number of unbranched alkanes of at least 4 members (excludes halogenated alkanes) is 1. The van der Waals surface area contributed by atoms with Gasteiger partial charge in [-0.25, -0.2) is 4.57 Å². The van der Waals surface area contributed by atoms with Crippen LogP contribution in [0.4, 0.5) is 5.95 Å². The lowest BCUT2D eigenvalue weighted by molar-refractivity contribution is -0.397. The highest BCUT2D eigenvalue weighted by atomic mass is 16.7. The highest BCUT2D eigenvalue weighted by Crippen LogP contribution is 2.17. The molecule has 2 rings (SSSR count). The van der Waals surface area contributed by atoms with E-state index in [1.807, 2.05) is 13.6 Å². The topological polar surface area (TPSA) is 149 Å². The minimum atomic E-state index is -0.513. The third-order valence-corrected chi connectivity index (χ3v) is 3.65. The minimum absolute atomic E-state index is 0.195. The van der Waals surface area contributed by atoms with Crippen LogP contribution in [0.1, 0.15) is 39.0 Å². The van der Waals surface area contributed by atoms with Crippen LogP contribution in [0.25, 0.3) is 0 Å². The lowest BCUT2D eigenvalue weighted by Gasteiger charge is -2.27. The molecule has 168 valence electrons. The largest absolute Gasteiger partial charge is 0.434 e. The third kappa shape index (κ3) is 13.6. The zero-order valence-electron chi connectivity index (χ0n) is 17.4. The molecule has 0 amide bonds. The zero-order chi connectivity index (χ0) is 22.5. The van der Waals surface area contributed by atoms with E-state index in [0.29, 0.717) is 19.8 Å². The summed E-state index contributed by atoms with van der Waals surface area (Å²) in [6, 6.07) is 0. The van der Waals surface area contributed by atoms with Gasteiger partial charge in [0.05, 0.1) is 6.61 Å². The molecular weight excluding hydrogens is 384 g/mol. The number of carbonyl (C=O) groups is 2. The number of ether oxygens (including phenoxy) is 3. The van der Waals surface area contributed by atoms with E-state index < -0.39 is 4.92 Å². The molecule has 1 aliphatic heterocycles. The molecule has 1 fully saturated rings. The number of carbonyl (C=O) groups excluding carboxylic acids is 2. The first-order valence-electron chi connectivity index (χ1n) is 9.31. The minimum Gasteiger partial charge on any atom is -0.390 e. The van der Waals surface area contributed by atoms with Crippen molar-refractivity contribution in [3.8, 4) is 0 Å². The maximum Gasteiger partial charge on any atom is 0.434 e. The number of methoxy groups -OCH3 is 1. The van der Waals surface area contributed by atoms with Crippen LogP contribution in [0.5, 0.6) is 0 Å². The predicted molar refractivity (Wildman–Crippen MR) is 107 cm³/mol. The van der Waals surface area contributed by atoms with Gasteiger partial charge in [-0.1, -0.05) is 18.3 Å². The molecule has 0 aromatic carbocycles. The molecule has 2 unspecified atom stereocenters. The fourth-order valence-corrected chi connectivity index (χ4v) is 2.39. The number of nitrogens with two attached hydrogens (primary N) is 1. The molecule has 2 heterocycles. The molecule has 1 aromatic rings. The van der Waals surface area contributed by atoms with Crippen molar-refractivity contribution in [2.45, 2.75) is 58.0 Å². The van der Waals surface area contributed by atoms with Gasteiger partial charge in [0.25, 0.3) is 0 Å². The van der Waals surface area contributed by atoms with Crippen LogP contribution in [0.3, 0.4) is 0 Å². The van der Waals surface area contributed by atoms with Crippen molar-refractivity contribution in [2.24, 2.45) is 5.73 Å². The number of hydrogen-bond acceptors (Lipinski definition) is 9. The number of imidazole rings is 1. The second-order valence-corrected chi connectivity index (χ2v) is 5.79. The molecule has 0 radical (unpaired) electrons. The Morgan fingerprint density at radius 2 is 2.10 bits per heavy atom. The van der Waals surface area contributed by atoms with E-state index in [0.717, 1.165) is 25.8 Å². The van der Waals surface area contributed by atoms with Crippen molar-refractivity contribution in [3.05, 3.63) is 22.5 Å². The highest BCUT2D eigenvalue weighted by molar-refractivity contribution is 5.11. The molecule has 29 heavy (non-hydrogen) atoms. The van der Waals surface area contributed by atoms with Gasteiger partial charge < -0.3 is 39.6 Å². The van der Waals surface area contributed by atoms with Crippen molar-refractivity contribution in [2.75, 3.05) is 26.9 Å². The summed E-state index contributed by atoms with van der Waals surface area (Å²) >= 11 is 0. The van der Waals surface area contributed by atoms with Gasteiger partial charge in [0.2, 0.25) is 0 Å². The molecule has 2 atom stereocenters. The van der Waals surface area contributed by atoms with E-state index in [2.05, 4.69) is 11.9 Å². The average Bonchev–Trinajstić information content (AvgIpc) is 3.21. The molecule has 0 spiro atoms. The Balaban J connectivity index is 0. The second-order valence-electron chi connectivity index (χ2n) is 5.79. The summed E-state index contributed by atoms with van der Waals surface area (Å²) < 4.78 is 17.9. The maximum atomic E-state index is 10.8. The van der Waals surface area contributed by atoms with Gasteiger partial charge in [0.1, 0.15) is 38.6 Å². The van der Waals surface area contributed by atoms with Crippen molar-refractivity contribution >= 4 is 19.5 Å². The highest BCUT2D eigenvalue weighted by Gasteiger charge is 2.24. The Bertz CT molecular complexity index is 506. The van der Waals surface area contributed by atoms with Gasteiger partial charge in [0.15, 0.2) is 6.29 Å². The molecule has 2 N–H and O–H groups in total. The van der Waals surface area contributed by atoms with Crippen LogP contribution in [-0.4, -0.2) is 67.3 Å². The van der Waals surface area contributed by atoms with E-state index in [1.54, 1.807) is 13.3 Å². The van der Waals surface area contributed by atoms with Crippen LogP contribution in [0.15, 0.2) is 12.4 Å². The molecule has 1 saturated heterocycles. The van der Waals surface area contributed by atoms with E-state index in [-0.39, 0.29) is 18.3 Å². The average molecular weight is 418 g/mol.